The van der Waals surface area contributed by atoms with Gasteiger partial charge in [-0.25, -0.2) is 0 Å². The quantitative estimate of drug-likeness (QED) is 0.207. The van der Waals surface area contributed by atoms with Gasteiger partial charge in [-0.05, 0) is 85.9 Å². The van der Waals surface area contributed by atoms with Crippen molar-refractivity contribution in [2.24, 2.45) is 5.92 Å². The molecule has 0 aromatic heterocycles. The molecule has 3 rings (SSSR count). The van der Waals surface area contributed by atoms with E-state index < -0.39 is 16.6 Å². The van der Waals surface area contributed by atoms with Gasteiger partial charge in [0.1, 0.15) is 0 Å². The summed E-state index contributed by atoms with van der Waals surface area (Å²) in [5.74, 6) is 0.171. The summed E-state index contributed by atoms with van der Waals surface area (Å²) in [6.45, 7) is 27.4. The van der Waals surface area contributed by atoms with Gasteiger partial charge in [0.25, 0.3) is 0 Å². The second-order valence-electron chi connectivity index (χ2n) is 15.7. The first kappa shape index (κ1) is 33.7. The monoisotopic (exact) mass is 587 g/mol. The number of aliphatic hydroxyl groups excluding tert-OH is 1. The van der Waals surface area contributed by atoms with Crippen LogP contribution < -0.4 is 0 Å². The molecule has 1 N–H and O–H groups in total. The maximum atomic E-state index is 10.3. The molecule has 1 heterocycles. The number of piperidine rings is 1. The zero-order valence-electron chi connectivity index (χ0n) is 27.8. The van der Waals surface area contributed by atoms with Crippen LogP contribution in [0.5, 0.6) is 0 Å². The van der Waals surface area contributed by atoms with Crippen molar-refractivity contribution in [1.29, 1.82) is 0 Å². The maximum absolute atomic E-state index is 10.3. The van der Waals surface area contributed by atoms with E-state index in [1.54, 1.807) is 0 Å². The highest BCUT2D eigenvalue weighted by molar-refractivity contribution is 6.74. The van der Waals surface area contributed by atoms with Gasteiger partial charge in [-0.1, -0.05) is 84.9 Å². The molecule has 0 amide bonds. The average molecular weight is 588 g/mol. The summed E-state index contributed by atoms with van der Waals surface area (Å²) >= 11 is 0. The normalized spacial score (nSPS) is 24.8. The topological polar surface area (TPSA) is 41.9 Å². The molecule has 1 saturated heterocycles. The van der Waals surface area contributed by atoms with E-state index in [2.05, 4.69) is 116 Å². The zero-order chi connectivity index (χ0) is 30.0. The lowest BCUT2D eigenvalue weighted by Crippen LogP contribution is -2.60. The average Bonchev–Trinajstić information content (AvgIpc) is 3.27. The van der Waals surface area contributed by atoms with E-state index in [1.165, 1.54) is 24.0 Å². The van der Waals surface area contributed by atoms with Gasteiger partial charge in [0.15, 0.2) is 16.6 Å². The zero-order valence-corrected chi connectivity index (χ0v) is 29.8. The first-order chi connectivity index (χ1) is 18.5. The Morgan fingerprint density at radius 3 is 2.12 bits per heavy atom. The van der Waals surface area contributed by atoms with E-state index >= 15 is 0 Å². The van der Waals surface area contributed by atoms with Crippen molar-refractivity contribution in [2.75, 3.05) is 19.8 Å². The summed E-state index contributed by atoms with van der Waals surface area (Å²) < 4.78 is 13.8. The van der Waals surface area contributed by atoms with Crippen molar-refractivity contribution < 1.29 is 14.0 Å². The van der Waals surface area contributed by atoms with Crippen molar-refractivity contribution >= 4 is 16.6 Å². The van der Waals surface area contributed by atoms with E-state index in [1.807, 2.05) is 0 Å². The Morgan fingerprint density at radius 1 is 0.950 bits per heavy atom. The van der Waals surface area contributed by atoms with Crippen molar-refractivity contribution in [2.45, 2.75) is 141 Å². The standard InChI is InChI=1S/C34H61NO3Si2/c1-27(25-36)30-20-16-23-34(30)22-15-19-29(21-24-37-39(8,9)32(2,3)4)35(34)31(28-17-13-12-14-18-28)26-38-40(10,11)33(5,6)7/h12-14,17-18,20,27,29,31,36H,15-16,19,21-26H2,1-11H3/t27-,29+,31+,34-/m1/s1. The van der Waals surface area contributed by atoms with Crippen LogP contribution in [0.2, 0.25) is 36.3 Å². The van der Waals surface area contributed by atoms with E-state index in [9.17, 15) is 5.11 Å². The molecule has 40 heavy (non-hydrogen) atoms. The molecule has 1 spiro atoms. The Kier molecular flexibility index (Phi) is 10.8. The largest absolute Gasteiger partial charge is 0.417 e. The Morgan fingerprint density at radius 2 is 1.55 bits per heavy atom. The fraction of sp³-hybridized carbons (Fsp3) is 0.765. The third-order valence-electron chi connectivity index (χ3n) is 10.9. The smallest absolute Gasteiger partial charge is 0.192 e. The fourth-order valence-corrected chi connectivity index (χ4v) is 8.44. The third-order valence-corrected chi connectivity index (χ3v) is 20.0. The van der Waals surface area contributed by atoms with Gasteiger partial charge in [0.2, 0.25) is 0 Å². The maximum Gasteiger partial charge on any atom is 0.192 e. The Bertz CT molecular complexity index is 979. The molecule has 4 nitrogen and oxygen atoms in total. The summed E-state index contributed by atoms with van der Waals surface area (Å²) in [5, 5.41) is 10.7. The van der Waals surface area contributed by atoms with Crippen LogP contribution in [0.15, 0.2) is 42.0 Å². The third kappa shape index (κ3) is 7.23. The van der Waals surface area contributed by atoms with Crippen LogP contribution in [0.1, 0.15) is 98.6 Å². The highest BCUT2D eigenvalue weighted by atomic mass is 28.4. The van der Waals surface area contributed by atoms with Crippen molar-refractivity contribution in [3.8, 4) is 0 Å². The number of likely N-dealkylation sites (tertiary alicyclic amines) is 1. The van der Waals surface area contributed by atoms with Gasteiger partial charge >= 0.3 is 0 Å². The molecule has 1 aliphatic heterocycles. The van der Waals surface area contributed by atoms with Crippen molar-refractivity contribution in [3.63, 3.8) is 0 Å². The highest BCUT2D eigenvalue weighted by Gasteiger charge is 2.52. The van der Waals surface area contributed by atoms with Crippen LogP contribution in [0.25, 0.3) is 0 Å². The van der Waals surface area contributed by atoms with Gasteiger partial charge in [0, 0.05) is 30.7 Å². The molecular formula is C34H61NO3Si2. The van der Waals surface area contributed by atoms with E-state index in [-0.39, 0.29) is 34.2 Å². The SMILES string of the molecule is C[C@H](CO)C1=CCC[C@]12CCC[C@@H](CCO[Si](C)(C)C(C)(C)C)N2[C@@H](CO[Si](C)(C)C(C)(C)C)c1ccccc1. The molecule has 2 aliphatic rings. The number of nitrogens with zero attached hydrogens (tertiary/aromatic N) is 1. The summed E-state index contributed by atoms with van der Waals surface area (Å²) in [7, 11) is -3.78. The molecule has 0 radical (unpaired) electrons. The van der Waals surface area contributed by atoms with Crippen LogP contribution in [-0.4, -0.2) is 58.0 Å². The molecule has 1 aromatic rings. The minimum atomic E-state index is -1.95. The number of benzene rings is 1. The molecule has 6 heteroatoms. The number of rotatable bonds is 11. The minimum Gasteiger partial charge on any atom is -0.417 e. The Labute approximate surface area is 249 Å². The number of allylic oxidation sites excluding steroid dienone is 1. The van der Waals surface area contributed by atoms with Crippen LogP contribution >= 0.6 is 0 Å². The minimum absolute atomic E-state index is 0.0284. The lowest BCUT2D eigenvalue weighted by molar-refractivity contribution is -0.0443. The molecule has 1 fully saturated rings. The second kappa shape index (κ2) is 12.8. The molecule has 0 saturated carbocycles. The van der Waals surface area contributed by atoms with E-state index in [0.717, 1.165) is 32.3 Å². The van der Waals surface area contributed by atoms with Gasteiger partial charge in [-0.2, -0.15) is 0 Å². The molecule has 1 aliphatic carbocycles. The Balaban J connectivity index is 2.05. The summed E-state index contributed by atoms with van der Waals surface area (Å²) in [4.78, 5) is 2.89. The predicted octanol–water partition coefficient (Wildman–Crippen LogP) is 9.10. The van der Waals surface area contributed by atoms with Crippen molar-refractivity contribution in [3.05, 3.63) is 47.5 Å². The molecule has 228 valence electrons. The number of aliphatic hydroxyl groups is 1. The molecule has 0 unspecified atom stereocenters. The second-order valence-corrected chi connectivity index (χ2v) is 25.3. The molecular weight excluding hydrogens is 527 g/mol. The highest BCUT2D eigenvalue weighted by Crippen LogP contribution is 2.52. The van der Waals surface area contributed by atoms with Crippen molar-refractivity contribution in [1.82, 2.24) is 4.90 Å². The predicted molar refractivity (Wildman–Crippen MR) is 176 cm³/mol. The van der Waals surface area contributed by atoms with Crippen LogP contribution in [0, 0.1) is 5.92 Å². The van der Waals surface area contributed by atoms with E-state index in [4.69, 9.17) is 8.85 Å². The summed E-state index contributed by atoms with van der Waals surface area (Å²) in [5.41, 5.74) is 2.78. The lowest BCUT2D eigenvalue weighted by Gasteiger charge is -2.56. The van der Waals surface area contributed by atoms with Gasteiger partial charge < -0.3 is 14.0 Å². The fourth-order valence-electron chi connectivity index (χ4n) is 6.37. The first-order valence-corrected chi connectivity index (χ1v) is 21.7. The number of hydrogen-bond donors (Lipinski definition) is 1. The Hall–Kier alpha value is -0.766. The molecule has 0 bridgehead atoms. The van der Waals surface area contributed by atoms with Gasteiger partial charge in [-0.15, -0.1) is 0 Å². The lowest BCUT2D eigenvalue weighted by atomic mass is 9.73. The van der Waals surface area contributed by atoms with Crippen LogP contribution in [0.3, 0.4) is 0 Å². The number of hydrogen-bond acceptors (Lipinski definition) is 4. The summed E-state index contributed by atoms with van der Waals surface area (Å²) in [6, 6.07) is 11.7. The molecule has 1 aromatic carbocycles. The van der Waals surface area contributed by atoms with Crippen LogP contribution in [-0.2, 0) is 8.85 Å². The first-order valence-electron chi connectivity index (χ1n) is 15.9. The van der Waals surface area contributed by atoms with E-state index in [0.29, 0.717) is 12.6 Å². The molecule has 4 atom stereocenters. The van der Waals surface area contributed by atoms with Crippen LogP contribution in [0.4, 0.5) is 0 Å². The van der Waals surface area contributed by atoms with Gasteiger partial charge in [0.05, 0.1) is 12.6 Å². The van der Waals surface area contributed by atoms with Gasteiger partial charge in [-0.3, -0.25) is 4.90 Å². The summed E-state index contributed by atoms with van der Waals surface area (Å²) in [6.07, 6.45) is 9.29.